The number of nitro groups is 1. The van der Waals surface area contributed by atoms with Gasteiger partial charge in [0.2, 0.25) is 5.82 Å². The van der Waals surface area contributed by atoms with Crippen LogP contribution in [-0.2, 0) is 4.74 Å². The highest BCUT2D eigenvalue weighted by Crippen LogP contribution is 2.21. The van der Waals surface area contributed by atoms with Crippen molar-refractivity contribution < 1.29 is 18.8 Å². The second kappa shape index (κ2) is 5.96. The van der Waals surface area contributed by atoms with Gasteiger partial charge < -0.3 is 9.64 Å². The van der Waals surface area contributed by atoms with Crippen LogP contribution in [0.1, 0.15) is 23.2 Å². The molecule has 1 aromatic carbocycles. The molecule has 1 amide bonds. The Morgan fingerprint density at radius 2 is 2.10 bits per heavy atom. The molecule has 0 radical (unpaired) electrons. The SMILES string of the molecule is CN(C(=O)c1ccc([N+](=O)[O-])c(F)c1)C1CCOCC1. The van der Waals surface area contributed by atoms with Crippen LogP contribution < -0.4 is 0 Å². The molecule has 0 N–H and O–H groups in total. The molecule has 7 heteroatoms. The van der Waals surface area contributed by atoms with Gasteiger partial charge in [-0.25, -0.2) is 0 Å². The number of nitrogens with zero attached hydrogens (tertiary/aromatic N) is 2. The van der Waals surface area contributed by atoms with Crippen LogP contribution in [0.25, 0.3) is 0 Å². The van der Waals surface area contributed by atoms with E-state index >= 15 is 0 Å². The van der Waals surface area contributed by atoms with Gasteiger partial charge in [-0.2, -0.15) is 4.39 Å². The standard InChI is InChI=1S/C13H15FN2O4/c1-15(10-4-6-20-7-5-10)13(17)9-2-3-12(16(18)19)11(14)8-9/h2-3,8,10H,4-7H2,1H3. The average molecular weight is 282 g/mol. The molecule has 20 heavy (non-hydrogen) atoms. The first-order valence-corrected chi connectivity index (χ1v) is 6.29. The van der Waals surface area contributed by atoms with Crippen molar-refractivity contribution in [1.82, 2.24) is 4.90 Å². The van der Waals surface area contributed by atoms with Gasteiger partial charge >= 0.3 is 5.69 Å². The molecule has 1 saturated heterocycles. The molecular weight excluding hydrogens is 267 g/mol. The summed E-state index contributed by atoms with van der Waals surface area (Å²) in [7, 11) is 1.65. The van der Waals surface area contributed by atoms with E-state index in [2.05, 4.69) is 0 Å². The van der Waals surface area contributed by atoms with Gasteiger partial charge in [0.05, 0.1) is 4.92 Å². The molecule has 0 saturated carbocycles. The molecule has 0 atom stereocenters. The van der Waals surface area contributed by atoms with Gasteiger partial charge in [0.25, 0.3) is 5.91 Å². The first kappa shape index (κ1) is 14.4. The molecule has 1 aliphatic heterocycles. The zero-order chi connectivity index (χ0) is 14.7. The summed E-state index contributed by atoms with van der Waals surface area (Å²) in [4.78, 5) is 23.5. The van der Waals surface area contributed by atoms with Gasteiger partial charge in [-0.3, -0.25) is 14.9 Å². The molecule has 0 aromatic heterocycles. The number of rotatable bonds is 3. The van der Waals surface area contributed by atoms with Crippen molar-refractivity contribution in [2.75, 3.05) is 20.3 Å². The van der Waals surface area contributed by atoms with Crippen molar-refractivity contribution >= 4 is 11.6 Å². The van der Waals surface area contributed by atoms with E-state index in [0.29, 0.717) is 13.2 Å². The van der Waals surface area contributed by atoms with E-state index in [4.69, 9.17) is 4.74 Å². The normalized spacial score (nSPS) is 15.9. The molecule has 0 spiro atoms. The number of nitro benzene ring substituents is 1. The third kappa shape index (κ3) is 2.93. The van der Waals surface area contributed by atoms with E-state index in [1.165, 1.54) is 6.07 Å². The minimum atomic E-state index is -0.999. The molecule has 1 fully saturated rings. The number of benzene rings is 1. The van der Waals surface area contributed by atoms with Crippen LogP contribution in [0.4, 0.5) is 10.1 Å². The third-order valence-electron chi connectivity index (χ3n) is 3.45. The number of carbonyl (C=O) groups is 1. The number of halogens is 1. The number of amides is 1. The number of hydrogen-bond acceptors (Lipinski definition) is 4. The topological polar surface area (TPSA) is 72.7 Å². The first-order valence-electron chi connectivity index (χ1n) is 6.29. The summed E-state index contributed by atoms with van der Waals surface area (Å²) in [5.74, 6) is -1.34. The van der Waals surface area contributed by atoms with Gasteiger partial charge in [0, 0.05) is 37.9 Å². The van der Waals surface area contributed by atoms with Gasteiger partial charge in [-0.05, 0) is 25.0 Å². The Balaban J connectivity index is 2.16. The minimum Gasteiger partial charge on any atom is -0.381 e. The monoisotopic (exact) mass is 282 g/mol. The molecule has 2 rings (SSSR count). The van der Waals surface area contributed by atoms with Crippen molar-refractivity contribution in [3.8, 4) is 0 Å². The predicted molar refractivity (Wildman–Crippen MR) is 69.0 cm³/mol. The van der Waals surface area contributed by atoms with Gasteiger partial charge in [0.1, 0.15) is 0 Å². The van der Waals surface area contributed by atoms with Crippen LogP contribution in [0.15, 0.2) is 18.2 Å². The predicted octanol–water partition coefficient (Wildman–Crippen LogP) is 1.98. The van der Waals surface area contributed by atoms with E-state index in [1.807, 2.05) is 0 Å². The second-order valence-electron chi connectivity index (χ2n) is 4.68. The molecule has 1 aliphatic rings. The third-order valence-corrected chi connectivity index (χ3v) is 3.45. The Bertz CT molecular complexity index is 529. The summed E-state index contributed by atoms with van der Waals surface area (Å²) in [5.41, 5.74) is -0.516. The average Bonchev–Trinajstić information content (AvgIpc) is 2.46. The van der Waals surface area contributed by atoms with Crippen molar-refractivity contribution in [1.29, 1.82) is 0 Å². The summed E-state index contributed by atoms with van der Waals surface area (Å²) in [6.07, 6.45) is 1.47. The quantitative estimate of drug-likeness (QED) is 0.627. The molecule has 0 aliphatic carbocycles. The van der Waals surface area contributed by atoms with Crippen LogP contribution >= 0.6 is 0 Å². The molecule has 108 valence electrons. The summed E-state index contributed by atoms with van der Waals surface area (Å²) < 4.78 is 18.8. The van der Waals surface area contributed by atoms with Crippen molar-refractivity contribution in [2.24, 2.45) is 0 Å². The van der Waals surface area contributed by atoms with Crippen LogP contribution in [0.3, 0.4) is 0 Å². The highest BCUT2D eigenvalue weighted by molar-refractivity contribution is 5.94. The molecule has 6 nitrogen and oxygen atoms in total. The Labute approximate surface area is 115 Å². The Morgan fingerprint density at radius 3 is 2.65 bits per heavy atom. The van der Waals surface area contributed by atoms with E-state index in [1.54, 1.807) is 11.9 Å². The zero-order valence-corrected chi connectivity index (χ0v) is 11.0. The van der Waals surface area contributed by atoms with Crippen LogP contribution in [-0.4, -0.2) is 42.0 Å². The molecule has 1 heterocycles. The molecule has 1 aromatic rings. The maximum Gasteiger partial charge on any atom is 0.304 e. The summed E-state index contributed by atoms with van der Waals surface area (Å²) >= 11 is 0. The Hall–Kier alpha value is -2.02. The maximum absolute atomic E-state index is 13.5. The summed E-state index contributed by atoms with van der Waals surface area (Å²) in [6.45, 7) is 1.19. The number of ether oxygens (including phenoxy) is 1. The lowest BCUT2D eigenvalue weighted by molar-refractivity contribution is -0.387. The number of hydrogen-bond donors (Lipinski definition) is 0. The highest BCUT2D eigenvalue weighted by atomic mass is 19.1. The molecule has 0 bridgehead atoms. The lowest BCUT2D eigenvalue weighted by Gasteiger charge is -2.31. The summed E-state index contributed by atoms with van der Waals surface area (Å²) in [5, 5.41) is 10.5. The second-order valence-corrected chi connectivity index (χ2v) is 4.68. The van der Waals surface area contributed by atoms with E-state index in [9.17, 15) is 19.3 Å². The fourth-order valence-electron chi connectivity index (χ4n) is 2.23. The van der Waals surface area contributed by atoms with Crippen molar-refractivity contribution in [2.45, 2.75) is 18.9 Å². The van der Waals surface area contributed by atoms with Crippen molar-refractivity contribution in [3.05, 3.63) is 39.7 Å². The molecule has 0 unspecified atom stereocenters. The smallest absolute Gasteiger partial charge is 0.304 e. The number of carbonyl (C=O) groups excluding carboxylic acids is 1. The minimum absolute atomic E-state index is 0.0505. The van der Waals surface area contributed by atoms with E-state index < -0.39 is 16.4 Å². The highest BCUT2D eigenvalue weighted by Gasteiger charge is 2.25. The fraction of sp³-hybridized carbons (Fsp3) is 0.462. The largest absolute Gasteiger partial charge is 0.381 e. The van der Waals surface area contributed by atoms with Crippen LogP contribution in [0, 0.1) is 15.9 Å². The van der Waals surface area contributed by atoms with Crippen molar-refractivity contribution in [3.63, 3.8) is 0 Å². The molecular formula is C13H15FN2O4. The van der Waals surface area contributed by atoms with Gasteiger partial charge in [-0.1, -0.05) is 0 Å². The lowest BCUT2D eigenvalue weighted by Crippen LogP contribution is -2.40. The first-order chi connectivity index (χ1) is 9.50. The Kier molecular flexibility index (Phi) is 4.29. The van der Waals surface area contributed by atoms with Crippen LogP contribution in [0.2, 0.25) is 0 Å². The lowest BCUT2D eigenvalue weighted by atomic mass is 10.1. The van der Waals surface area contributed by atoms with E-state index in [-0.39, 0.29) is 17.5 Å². The van der Waals surface area contributed by atoms with E-state index in [0.717, 1.165) is 25.0 Å². The zero-order valence-electron chi connectivity index (χ0n) is 11.0. The Morgan fingerprint density at radius 1 is 1.45 bits per heavy atom. The van der Waals surface area contributed by atoms with Crippen LogP contribution in [0.5, 0.6) is 0 Å². The van der Waals surface area contributed by atoms with Gasteiger partial charge in [-0.15, -0.1) is 0 Å². The maximum atomic E-state index is 13.5. The fourth-order valence-corrected chi connectivity index (χ4v) is 2.23. The van der Waals surface area contributed by atoms with Gasteiger partial charge in [0.15, 0.2) is 0 Å². The summed E-state index contributed by atoms with van der Waals surface area (Å²) in [6, 6.07) is 3.25.